The SMILES string of the molecule is CC(=O)O.COCC(=CCN(C)C)CC(=CCN(C)C)COC(=O)O.[W]. The second kappa shape index (κ2) is 18.6. The molecule has 0 unspecified atom stereocenters. The molecule has 0 aromatic heterocycles. The number of likely N-dealkylation sites (N-methyl/N-ethyl adjacent to an activating group) is 2. The van der Waals surface area contributed by atoms with Gasteiger partial charge in [-0.1, -0.05) is 12.2 Å². The summed E-state index contributed by atoms with van der Waals surface area (Å²) < 4.78 is 9.90. The number of carboxylic acids is 1. The van der Waals surface area contributed by atoms with E-state index < -0.39 is 12.1 Å². The van der Waals surface area contributed by atoms with Crippen molar-refractivity contribution in [3.63, 3.8) is 0 Å². The molecule has 152 valence electrons. The normalized spacial score (nSPS) is 11.5. The van der Waals surface area contributed by atoms with Crippen LogP contribution in [-0.2, 0) is 35.3 Å². The fourth-order valence-electron chi connectivity index (χ4n) is 1.62. The standard InChI is InChI=1S/C15H28N2O4.C2H4O2.W/c1-16(2)8-6-13(11-20-5)10-14(7-9-17(3)4)12-21-15(18)19;1-2(3)4;/h6-7H,8-12H2,1-5H3,(H,18,19);1H3,(H,3,4);. The Kier molecular flexibility index (Phi) is 21.1. The summed E-state index contributed by atoms with van der Waals surface area (Å²) in [7, 11) is 9.57. The van der Waals surface area contributed by atoms with Gasteiger partial charge < -0.3 is 29.5 Å². The van der Waals surface area contributed by atoms with Crippen LogP contribution in [0, 0.1) is 0 Å². The van der Waals surface area contributed by atoms with Crippen molar-refractivity contribution in [2.75, 3.05) is 61.6 Å². The molecule has 0 rings (SSSR count). The Morgan fingerprint density at radius 2 is 1.31 bits per heavy atom. The molecule has 9 heteroatoms. The van der Waals surface area contributed by atoms with Gasteiger partial charge >= 0.3 is 6.16 Å². The van der Waals surface area contributed by atoms with Gasteiger partial charge in [-0.25, -0.2) is 4.79 Å². The number of aliphatic carboxylic acids is 1. The minimum Gasteiger partial charge on any atom is -0.481 e. The van der Waals surface area contributed by atoms with Crippen LogP contribution in [0.15, 0.2) is 23.3 Å². The largest absolute Gasteiger partial charge is 0.506 e. The van der Waals surface area contributed by atoms with Crippen molar-refractivity contribution in [3.8, 4) is 0 Å². The molecule has 26 heavy (non-hydrogen) atoms. The van der Waals surface area contributed by atoms with E-state index in [2.05, 4.69) is 11.0 Å². The van der Waals surface area contributed by atoms with Crippen LogP contribution < -0.4 is 0 Å². The molecular formula is C17H32N2O6W. The zero-order valence-corrected chi connectivity index (χ0v) is 19.5. The van der Waals surface area contributed by atoms with Gasteiger partial charge in [0.05, 0.1) is 6.61 Å². The third kappa shape index (κ3) is 25.0. The average molecular weight is 544 g/mol. The van der Waals surface area contributed by atoms with Crippen molar-refractivity contribution < 1.29 is 50.3 Å². The summed E-state index contributed by atoms with van der Waals surface area (Å²) in [4.78, 5) is 23.6. The van der Waals surface area contributed by atoms with Gasteiger partial charge in [0, 0.05) is 48.2 Å². The molecule has 0 fully saturated rings. The predicted molar refractivity (Wildman–Crippen MR) is 97.1 cm³/mol. The molecule has 0 spiro atoms. The van der Waals surface area contributed by atoms with E-state index in [1.807, 2.05) is 39.2 Å². The molecule has 0 amide bonds. The number of carboxylic acid groups (broad SMARTS) is 2. The third-order valence-corrected chi connectivity index (χ3v) is 2.66. The van der Waals surface area contributed by atoms with Gasteiger partial charge in [-0.15, -0.1) is 0 Å². The molecule has 0 radical (unpaired) electrons. The van der Waals surface area contributed by atoms with E-state index >= 15 is 0 Å². The quantitative estimate of drug-likeness (QED) is 0.318. The van der Waals surface area contributed by atoms with Crippen LogP contribution in [0.2, 0.25) is 0 Å². The number of methoxy groups -OCH3 is 1. The second-order valence-electron chi connectivity index (χ2n) is 5.93. The zero-order chi connectivity index (χ0) is 19.8. The van der Waals surface area contributed by atoms with E-state index in [1.165, 1.54) is 0 Å². The molecule has 2 N–H and O–H groups in total. The van der Waals surface area contributed by atoms with Crippen LogP contribution in [0.1, 0.15) is 13.3 Å². The Hall–Kier alpha value is -1.21. The van der Waals surface area contributed by atoms with Gasteiger partial charge in [-0.2, -0.15) is 0 Å². The van der Waals surface area contributed by atoms with Crippen molar-refractivity contribution >= 4 is 12.1 Å². The molecular weight excluding hydrogens is 512 g/mol. The number of hydrogen-bond donors (Lipinski definition) is 2. The summed E-state index contributed by atoms with van der Waals surface area (Å²) in [5, 5.41) is 16.1. The van der Waals surface area contributed by atoms with Crippen LogP contribution in [0.25, 0.3) is 0 Å². The fourth-order valence-corrected chi connectivity index (χ4v) is 1.62. The van der Waals surface area contributed by atoms with Crippen molar-refractivity contribution in [3.05, 3.63) is 23.3 Å². The Morgan fingerprint density at radius 3 is 1.62 bits per heavy atom. The topological polar surface area (TPSA) is 99.5 Å². The maximum Gasteiger partial charge on any atom is 0.506 e. The Labute approximate surface area is 170 Å². The molecule has 0 saturated heterocycles. The van der Waals surface area contributed by atoms with Gasteiger partial charge in [-0.3, -0.25) is 4.79 Å². The maximum atomic E-state index is 10.6. The van der Waals surface area contributed by atoms with Gasteiger partial charge in [-0.05, 0) is 45.8 Å². The number of nitrogens with zero attached hydrogens (tertiary/aromatic N) is 2. The van der Waals surface area contributed by atoms with Crippen LogP contribution in [0.4, 0.5) is 4.79 Å². The van der Waals surface area contributed by atoms with Crippen LogP contribution in [-0.4, -0.2) is 93.7 Å². The van der Waals surface area contributed by atoms with E-state index in [1.54, 1.807) is 7.11 Å². The van der Waals surface area contributed by atoms with E-state index in [4.69, 9.17) is 24.5 Å². The second-order valence-corrected chi connectivity index (χ2v) is 5.93. The number of carbonyl (C=O) groups is 2. The van der Waals surface area contributed by atoms with Crippen LogP contribution in [0.3, 0.4) is 0 Å². The Bertz CT molecular complexity index is 447. The van der Waals surface area contributed by atoms with Crippen molar-refractivity contribution in [2.45, 2.75) is 13.3 Å². The summed E-state index contributed by atoms with van der Waals surface area (Å²) in [5.74, 6) is -0.833. The van der Waals surface area contributed by atoms with Gasteiger partial charge in [0.1, 0.15) is 6.61 Å². The molecule has 0 aromatic carbocycles. The van der Waals surface area contributed by atoms with Gasteiger partial charge in [0.15, 0.2) is 0 Å². The Balaban J connectivity index is -0.000000951. The molecule has 0 saturated carbocycles. The smallest absolute Gasteiger partial charge is 0.481 e. The molecule has 0 aliphatic carbocycles. The van der Waals surface area contributed by atoms with E-state index in [-0.39, 0.29) is 27.7 Å². The monoisotopic (exact) mass is 544 g/mol. The van der Waals surface area contributed by atoms with E-state index in [0.717, 1.165) is 31.2 Å². The molecule has 0 heterocycles. The molecule has 8 nitrogen and oxygen atoms in total. The number of rotatable bonds is 10. The van der Waals surface area contributed by atoms with E-state index in [9.17, 15) is 4.79 Å². The predicted octanol–water partition coefficient (Wildman–Crippen LogP) is 1.78. The summed E-state index contributed by atoms with van der Waals surface area (Å²) in [6.45, 7) is 3.26. The van der Waals surface area contributed by atoms with Crippen LogP contribution >= 0.6 is 0 Å². The summed E-state index contributed by atoms with van der Waals surface area (Å²) in [6, 6.07) is 0. The summed E-state index contributed by atoms with van der Waals surface area (Å²) in [6.07, 6.45) is 3.51. The number of hydrogen-bond acceptors (Lipinski definition) is 6. The van der Waals surface area contributed by atoms with Crippen molar-refractivity contribution in [1.29, 1.82) is 0 Å². The summed E-state index contributed by atoms with van der Waals surface area (Å²) in [5.41, 5.74) is 2.05. The first kappa shape index (κ1) is 29.5. The van der Waals surface area contributed by atoms with Crippen molar-refractivity contribution in [2.24, 2.45) is 0 Å². The minimum absolute atomic E-state index is 0. The fraction of sp³-hybridized carbons (Fsp3) is 0.647. The average Bonchev–Trinajstić information content (AvgIpc) is 2.46. The molecule has 0 aromatic rings. The first-order valence-corrected chi connectivity index (χ1v) is 7.77. The molecule has 0 aliphatic heterocycles. The first-order chi connectivity index (χ1) is 11.6. The Morgan fingerprint density at radius 1 is 0.923 bits per heavy atom. The molecule has 0 atom stereocenters. The molecule has 0 bridgehead atoms. The third-order valence-electron chi connectivity index (χ3n) is 2.66. The minimum atomic E-state index is -1.25. The number of ether oxygens (including phenoxy) is 2. The van der Waals surface area contributed by atoms with Crippen molar-refractivity contribution in [1.82, 2.24) is 9.80 Å². The maximum absolute atomic E-state index is 10.6. The van der Waals surface area contributed by atoms with Crippen LogP contribution in [0.5, 0.6) is 0 Å². The first-order valence-electron chi connectivity index (χ1n) is 7.77. The summed E-state index contributed by atoms with van der Waals surface area (Å²) >= 11 is 0. The van der Waals surface area contributed by atoms with Gasteiger partial charge in [0.25, 0.3) is 5.97 Å². The van der Waals surface area contributed by atoms with Gasteiger partial charge in [0.2, 0.25) is 0 Å². The zero-order valence-electron chi connectivity index (χ0n) is 16.5. The molecule has 0 aliphatic rings. The van der Waals surface area contributed by atoms with E-state index in [0.29, 0.717) is 13.0 Å².